The lowest BCUT2D eigenvalue weighted by Crippen LogP contribution is -2.31. The van der Waals surface area contributed by atoms with Crippen molar-refractivity contribution in [2.75, 3.05) is 11.7 Å². The number of rotatable bonds is 5. The second-order valence-electron chi connectivity index (χ2n) is 5.24. The molecule has 1 aromatic heterocycles. The summed E-state index contributed by atoms with van der Waals surface area (Å²) in [6.45, 7) is 0. The first-order valence-corrected chi connectivity index (χ1v) is 8.72. The van der Waals surface area contributed by atoms with Crippen LogP contribution >= 0.6 is 11.8 Å². The van der Waals surface area contributed by atoms with Crippen LogP contribution in [0.15, 0.2) is 47.8 Å². The number of hydrazine groups is 1. The molecule has 0 radical (unpaired) electrons. The molecule has 0 atom stereocenters. The molecule has 2 N–H and O–H groups in total. The smallest absolute Gasteiger partial charge is 0.288 e. The molecule has 0 spiro atoms. The number of aromatic nitrogens is 2. The van der Waals surface area contributed by atoms with Gasteiger partial charge in [-0.25, -0.2) is 22.5 Å². The van der Waals surface area contributed by atoms with Crippen LogP contribution in [0.4, 0.5) is 23.2 Å². The van der Waals surface area contributed by atoms with E-state index >= 15 is 0 Å². The molecule has 10 heteroatoms. The third-order valence-electron chi connectivity index (χ3n) is 3.58. The molecule has 3 rings (SSSR count). The molecule has 0 saturated carbocycles. The topological polar surface area (TPSA) is 59.0 Å². The summed E-state index contributed by atoms with van der Waals surface area (Å²) in [5.41, 5.74) is 4.52. The Morgan fingerprint density at radius 2 is 1.74 bits per heavy atom. The van der Waals surface area contributed by atoms with Gasteiger partial charge in [-0.05, 0) is 42.7 Å². The monoisotopic (exact) mass is 396 g/mol. The molecule has 0 fully saturated rings. The van der Waals surface area contributed by atoms with Crippen molar-refractivity contribution < 1.29 is 22.4 Å². The fourth-order valence-electron chi connectivity index (χ4n) is 2.29. The molecule has 0 aliphatic rings. The van der Waals surface area contributed by atoms with Crippen molar-refractivity contribution in [1.29, 1.82) is 0 Å². The van der Waals surface area contributed by atoms with Crippen molar-refractivity contribution in [3.63, 3.8) is 0 Å². The van der Waals surface area contributed by atoms with Crippen LogP contribution < -0.4 is 10.9 Å². The maximum Gasteiger partial charge on any atom is 0.288 e. The standard InChI is InChI=1S/C17H12F4N4OS/c1-27-17-22-8-13(25(17)10-4-2-9(18)3-5-10)16(26)24-23-12-7-6-11(19)14(20)15(12)21/h2-8,23H,1H3,(H,24,26). The molecule has 5 nitrogen and oxygen atoms in total. The van der Waals surface area contributed by atoms with Crippen molar-refractivity contribution in [1.82, 2.24) is 15.0 Å². The van der Waals surface area contributed by atoms with E-state index in [1.807, 2.05) is 0 Å². The van der Waals surface area contributed by atoms with Gasteiger partial charge in [0.25, 0.3) is 5.91 Å². The Bertz CT molecular complexity index is 991. The first-order valence-electron chi connectivity index (χ1n) is 7.50. The molecule has 1 heterocycles. The zero-order valence-corrected chi connectivity index (χ0v) is 14.6. The van der Waals surface area contributed by atoms with E-state index < -0.39 is 34.9 Å². The van der Waals surface area contributed by atoms with Gasteiger partial charge in [0.15, 0.2) is 22.6 Å². The number of benzene rings is 2. The third-order valence-corrected chi connectivity index (χ3v) is 4.23. The average molecular weight is 396 g/mol. The molecule has 3 aromatic rings. The molecule has 0 aliphatic carbocycles. The molecule has 2 aromatic carbocycles. The van der Waals surface area contributed by atoms with Crippen LogP contribution in [0.2, 0.25) is 0 Å². The summed E-state index contributed by atoms with van der Waals surface area (Å²) in [4.78, 5) is 16.6. The number of carbonyl (C=O) groups is 1. The van der Waals surface area contributed by atoms with Crippen LogP contribution in [0.1, 0.15) is 10.5 Å². The van der Waals surface area contributed by atoms with Gasteiger partial charge in [0.05, 0.1) is 11.9 Å². The first-order chi connectivity index (χ1) is 12.9. The fraction of sp³-hybridized carbons (Fsp3) is 0.0588. The lowest BCUT2D eigenvalue weighted by molar-refractivity contribution is 0.0955. The van der Waals surface area contributed by atoms with Gasteiger partial charge in [0.1, 0.15) is 11.5 Å². The summed E-state index contributed by atoms with van der Waals surface area (Å²) >= 11 is 1.26. The molecule has 140 valence electrons. The SMILES string of the molecule is CSc1ncc(C(=O)NNc2ccc(F)c(F)c2F)n1-c1ccc(F)cc1. The van der Waals surface area contributed by atoms with Gasteiger partial charge < -0.3 is 0 Å². The summed E-state index contributed by atoms with van der Waals surface area (Å²) in [6, 6.07) is 7.07. The quantitative estimate of drug-likeness (QED) is 0.297. The number of imidazole rings is 1. The predicted octanol–water partition coefficient (Wildman–Crippen LogP) is 3.91. The highest BCUT2D eigenvalue weighted by Gasteiger charge is 2.19. The first kappa shape index (κ1) is 18.8. The van der Waals surface area contributed by atoms with Crippen molar-refractivity contribution in [2.45, 2.75) is 5.16 Å². The van der Waals surface area contributed by atoms with Gasteiger partial charge in [-0.2, -0.15) is 0 Å². The Morgan fingerprint density at radius 1 is 1.04 bits per heavy atom. The molecule has 0 aliphatic heterocycles. The van der Waals surface area contributed by atoms with E-state index in [4.69, 9.17) is 0 Å². The Morgan fingerprint density at radius 3 is 2.41 bits per heavy atom. The normalized spacial score (nSPS) is 10.7. The minimum Gasteiger partial charge on any atom is -0.295 e. The number of carbonyl (C=O) groups excluding carboxylic acids is 1. The van der Waals surface area contributed by atoms with Crippen molar-refractivity contribution >= 4 is 23.4 Å². The molecular weight excluding hydrogens is 384 g/mol. The minimum absolute atomic E-state index is 0.0708. The van der Waals surface area contributed by atoms with E-state index in [1.54, 1.807) is 6.26 Å². The average Bonchev–Trinajstić information content (AvgIpc) is 3.10. The van der Waals surface area contributed by atoms with Crippen LogP contribution in [0, 0.1) is 23.3 Å². The van der Waals surface area contributed by atoms with Gasteiger partial charge >= 0.3 is 0 Å². The highest BCUT2D eigenvalue weighted by Crippen LogP contribution is 2.22. The number of thioether (sulfide) groups is 1. The van der Waals surface area contributed by atoms with Gasteiger partial charge in [-0.1, -0.05) is 11.8 Å². The zero-order chi connectivity index (χ0) is 19.6. The molecular formula is C17H12F4N4OS. The van der Waals surface area contributed by atoms with Gasteiger partial charge in [0.2, 0.25) is 0 Å². The Balaban J connectivity index is 1.86. The maximum atomic E-state index is 13.7. The number of nitrogens with zero attached hydrogens (tertiary/aromatic N) is 2. The summed E-state index contributed by atoms with van der Waals surface area (Å²) in [6.07, 6.45) is 3.03. The Kier molecular flexibility index (Phi) is 5.36. The number of hydrogen-bond donors (Lipinski definition) is 2. The largest absolute Gasteiger partial charge is 0.295 e. The molecule has 0 saturated heterocycles. The lowest BCUT2D eigenvalue weighted by atomic mass is 10.3. The van der Waals surface area contributed by atoms with Crippen molar-refractivity contribution in [3.8, 4) is 5.69 Å². The van der Waals surface area contributed by atoms with Crippen LogP contribution in [-0.2, 0) is 0 Å². The number of anilines is 1. The van der Waals surface area contributed by atoms with Crippen LogP contribution in [-0.4, -0.2) is 21.7 Å². The predicted molar refractivity (Wildman–Crippen MR) is 92.7 cm³/mol. The second kappa shape index (κ2) is 7.70. The molecule has 27 heavy (non-hydrogen) atoms. The minimum atomic E-state index is -1.66. The van der Waals surface area contributed by atoms with Crippen LogP contribution in [0.5, 0.6) is 0 Å². The molecule has 1 amide bonds. The number of amides is 1. The number of nitrogens with one attached hydrogen (secondary N) is 2. The third kappa shape index (κ3) is 3.75. The molecule has 0 unspecified atom stereocenters. The van der Waals surface area contributed by atoms with Crippen molar-refractivity contribution in [3.05, 3.63) is 71.6 Å². The van der Waals surface area contributed by atoms with E-state index in [0.717, 1.165) is 12.1 Å². The van der Waals surface area contributed by atoms with E-state index in [2.05, 4.69) is 15.8 Å². The summed E-state index contributed by atoms with van der Waals surface area (Å²) in [5.74, 6) is -5.62. The second-order valence-corrected chi connectivity index (χ2v) is 6.02. The Labute approximate surface area is 155 Å². The van der Waals surface area contributed by atoms with Crippen molar-refractivity contribution in [2.24, 2.45) is 0 Å². The maximum absolute atomic E-state index is 13.7. The van der Waals surface area contributed by atoms with Crippen LogP contribution in [0.25, 0.3) is 5.69 Å². The van der Waals surface area contributed by atoms with Gasteiger partial charge in [-0.15, -0.1) is 0 Å². The fourth-order valence-corrected chi connectivity index (χ4v) is 2.83. The lowest BCUT2D eigenvalue weighted by Gasteiger charge is -2.13. The number of halogens is 4. The Hall–Kier alpha value is -3.01. The van der Waals surface area contributed by atoms with E-state index in [1.165, 1.54) is 46.8 Å². The van der Waals surface area contributed by atoms with Gasteiger partial charge in [-0.3, -0.25) is 20.2 Å². The summed E-state index contributed by atoms with van der Waals surface area (Å²) in [5, 5.41) is 0.464. The van der Waals surface area contributed by atoms with E-state index in [0.29, 0.717) is 10.8 Å². The molecule has 0 bridgehead atoms. The van der Waals surface area contributed by atoms with E-state index in [9.17, 15) is 22.4 Å². The van der Waals surface area contributed by atoms with Gasteiger partial charge in [0, 0.05) is 5.69 Å². The van der Waals surface area contributed by atoms with E-state index in [-0.39, 0.29) is 5.69 Å². The summed E-state index contributed by atoms with van der Waals surface area (Å²) < 4.78 is 54.5. The highest BCUT2D eigenvalue weighted by molar-refractivity contribution is 7.98. The summed E-state index contributed by atoms with van der Waals surface area (Å²) in [7, 11) is 0. The van der Waals surface area contributed by atoms with Crippen LogP contribution in [0.3, 0.4) is 0 Å². The zero-order valence-electron chi connectivity index (χ0n) is 13.8. The number of hydrogen-bond acceptors (Lipinski definition) is 4. The highest BCUT2D eigenvalue weighted by atomic mass is 32.2.